The van der Waals surface area contributed by atoms with Crippen molar-refractivity contribution in [2.75, 3.05) is 20.4 Å². The topological polar surface area (TPSA) is 76.7 Å². The molecular weight excluding hydrogens is 248 g/mol. The van der Waals surface area contributed by atoms with Gasteiger partial charge in [-0.1, -0.05) is 6.07 Å². The number of ether oxygens (including phenoxy) is 2. The van der Waals surface area contributed by atoms with Crippen LogP contribution in [-0.2, 0) is 9.53 Å². The van der Waals surface area contributed by atoms with E-state index in [1.165, 1.54) is 12.7 Å². The van der Waals surface area contributed by atoms with E-state index in [1.54, 1.807) is 0 Å². The highest BCUT2D eigenvalue weighted by atomic mass is 16.5. The summed E-state index contributed by atoms with van der Waals surface area (Å²) in [5.41, 5.74) is 2.30. The van der Waals surface area contributed by atoms with Crippen molar-refractivity contribution in [2.24, 2.45) is 0 Å². The van der Waals surface area contributed by atoms with Crippen LogP contribution >= 0.6 is 0 Å². The summed E-state index contributed by atoms with van der Waals surface area (Å²) in [6.07, 6.45) is 0. The second kappa shape index (κ2) is 7.25. The number of methoxy groups -OCH3 is 1. The summed E-state index contributed by atoms with van der Waals surface area (Å²) >= 11 is 0. The van der Waals surface area contributed by atoms with Crippen molar-refractivity contribution < 1.29 is 19.1 Å². The Bertz CT molecular complexity index is 460. The van der Waals surface area contributed by atoms with Crippen LogP contribution in [0.5, 0.6) is 5.75 Å². The van der Waals surface area contributed by atoms with Gasteiger partial charge in [-0.2, -0.15) is 0 Å². The Morgan fingerprint density at radius 2 is 1.89 bits per heavy atom. The number of esters is 1. The van der Waals surface area contributed by atoms with Gasteiger partial charge in [0.2, 0.25) is 0 Å². The zero-order chi connectivity index (χ0) is 14.3. The van der Waals surface area contributed by atoms with Gasteiger partial charge in [-0.05, 0) is 37.1 Å². The van der Waals surface area contributed by atoms with Gasteiger partial charge < -0.3 is 20.1 Å². The van der Waals surface area contributed by atoms with E-state index in [4.69, 9.17) is 4.74 Å². The van der Waals surface area contributed by atoms with Crippen molar-refractivity contribution >= 4 is 12.0 Å². The average molecular weight is 266 g/mol. The lowest BCUT2D eigenvalue weighted by molar-refractivity contribution is -0.139. The lowest BCUT2D eigenvalue weighted by atomic mass is 10.1. The minimum atomic E-state index is -0.509. The van der Waals surface area contributed by atoms with Crippen LogP contribution < -0.4 is 15.4 Å². The summed E-state index contributed by atoms with van der Waals surface area (Å²) in [5.74, 6) is 0.168. The number of nitrogens with one attached hydrogen (secondary N) is 2. The monoisotopic (exact) mass is 266 g/mol. The highest BCUT2D eigenvalue weighted by Crippen LogP contribution is 2.15. The third kappa shape index (κ3) is 5.29. The number of urea groups is 1. The zero-order valence-electron chi connectivity index (χ0n) is 11.3. The number of aryl methyl sites for hydroxylation is 2. The maximum atomic E-state index is 11.3. The second-order valence-electron chi connectivity index (χ2n) is 3.97. The third-order valence-corrected chi connectivity index (χ3v) is 2.57. The SMILES string of the molecule is COC(=O)CNC(=O)NCOc1ccc(C)c(C)c1. The molecule has 6 heteroatoms. The van der Waals surface area contributed by atoms with Gasteiger partial charge in [-0.15, -0.1) is 0 Å². The minimum absolute atomic E-state index is 0.0233. The molecule has 0 saturated carbocycles. The molecule has 0 aliphatic heterocycles. The van der Waals surface area contributed by atoms with Crippen LogP contribution in [0.4, 0.5) is 4.79 Å². The fraction of sp³-hybridized carbons (Fsp3) is 0.385. The summed E-state index contributed by atoms with van der Waals surface area (Å²) < 4.78 is 9.74. The first-order valence-corrected chi connectivity index (χ1v) is 5.81. The number of benzene rings is 1. The molecule has 1 aromatic rings. The molecular formula is C13H18N2O4. The molecule has 0 aliphatic carbocycles. The van der Waals surface area contributed by atoms with Crippen molar-refractivity contribution in [3.8, 4) is 5.75 Å². The Hall–Kier alpha value is -2.24. The highest BCUT2D eigenvalue weighted by molar-refractivity contribution is 5.80. The molecule has 104 valence electrons. The molecule has 1 rings (SSSR count). The molecule has 0 aliphatic rings. The smallest absolute Gasteiger partial charge is 0.325 e. The van der Waals surface area contributed by atoms with Crippen molar-refractivity contribution in [2.45, 2.75) is 13.8 Å². The summed E-state index contributed by atoms with van der Waals surface area (Å²) in [6, 6.07) is 5.18. The normalized spacial score (nSPS) is 9.63. The molecule has 1 aromatic carbocycles. The molecule has 0 atom stereocenters. The van der Waals surface area contributed by atoms with E-state index in [-0.39, 0.29) is 13.3 Å². The van der Waals surface area contributed by atoms with E-state index < -0.39 is 12.0 Å². The minimum Gasteiger partial charge on any atom is -0.473 e. The molecule has 0 spiro atoms. The van der Waals surface area contributed by atoms with Crippen molar-refractivity contribution in [1.82, 2.24) is 10.6 Å². The van der Waals surface area contributed by atoms with Crippen LogP contribution in [0.3, 0.4) is 0 Å². The van der Waals surface area contributed by atoms with E-state index >= 15 is 0 Å². The maximum absolute atomic E-state index is 11.3. The quantitative estimate of drug-likeness (QED) is 0.618. The van der Waals surface area contributed by atoms with E-state index in [9.17, 15) is 9.59 Å². The molecule has 0 fully saturated rings. The largest absolute Gasteiger partial charge is 0.473 e. The van der Waals surface area contributed by atoms with Gasteiger partial charge in [0.05, 0.1) is 7.11 Å². The molecule has 6 nitrogen and oxygen atoms in total. The number of hydrogen-bond donors (Lipinski definition) is 2. The Labute approximate surface area is 112 Å². The predicted octanol–water partition coefficient (Wildman–Crippen LogP) is 1.11. The summed E-state index contributed by atoms with van der Waals surface area (Å²) in [4.78, 5) is 22.0. The van der Waals surface area contributed by atoms with Crippen LogP contribution in [0.2, 0.25) is 0 Å². The Kier molecular flexibility index (Phi) is 5.66. The number of carbonyl (C=O) groups is 2. The van der Waals surface area contributed by atoms with Crippen LogP contribution in [0, 0.1) is 13.8 Å². The molecule has 0 radical (unpaired) electrons. The molecule has 0 bridgehead atoms. The molecule has 0 unspecified atom stereocenters. The first-order chi connectivity index (χ1) is 9.02. The van der Waals surface area contributed by atoms with E-state index in [2.05, 4.69) is 15.4 Å². The fourth-order valence-electron chi connectivity index (χ4n) is 1.28. The maximum Gasteiger partial charge on any atom is 0.325 e. The molecule has 2 amide bonds. The lowest BCUT2D eigenvalue weighted by Crippen LogP contribution is -2.40. The molecule has 0 heterocycles. The van der Waals surface area contributed by atoms with Crippen molar-refractivity contribution in [1.29, 1.82) is 0 Å². The highest BCUT2D eigenvalue weighted by Gasteiger charge is 2.04. The van der Waals surface area contributed by atoms with Crippen LogP contribution in [0.25, 0.3) is 0 Å². The van der Waals surface area contributed by atoms with Gasteiger partial charge in [0.15, 0.2) is 6.73 Å². The number of amides is 2. The lowest BCUT2D eigenvalue weighted by Gasteiger charge is -2.10. The van der Waals surface area contributed by atoms with Gasteiger partial charge in [-0.25, -0.2) is 4.79 Å². The van der Waals surface area contributed by atoms with Crippen LogP contribution in [0.15, 0.2) is 18.2 Å². The Morgan fingerprint density at radius 3 is 2.53 bits per heavy atom. The van der Waals surface area contributed by atoms with Gasteiger partial charge in [-0.3, -0.25) is 4.79 Å². The number of rotatable bonds is 5. The molecule has 2 N–H and O–H groups in total. The van der Waals surface area contributed by atoms with Crippen LogP contribution in [-0.4, -0.2) is 32.4 Å². The Morgan fingerprint density at radius 1 is 1.16 bits per heavy atom. The standard InChI is InChI=1S/C13H18N2O4/c1-9-4-5-11(6-10(9)2)19-8-15-13(17)14-7-12(16)18-3/h4-6H,7-8H2,1-3H3,(H2,14,15,17). The van der Waals surface area contributed by atoms with E-state index in [0.29, 0.717) is 5.75 Å². The summed E-state index contributed by atoms with van der Waals surface area (Å²) in [5, 5.41) is 4.80. The third-order valence-electron chi connectivity index (χ3n) is 2.57. The fourth-order valence-corrected chi connectivity index (χ4v) is 1.28. The Balaban J connectivity index is 2.28. The van der Waals surface area contributed by atoms with Crippen LogP contribution in [0.1, 0.15) is 11.1 Å². The first-order valence-electron chi connectivity index (χ1n) is 5.81. The predicted molar refractivity (Wildman–Crippen MR) is 70.0 cm³/mol. The van der Waals surface area contributed by atoms with Crippen molar-refractivity contribution in [3.05, 3.63) is 29.3 Å². The van der Waals surface area contributed by atoms with Gasteiger partial charge >= 0.3 is 12.0 Å². The number of carbonyl (C=O) groups excluding carboxylic acids is 2. The molecule has 0 aromatic heterocycles. The number of hydrogen-bond acceptors (Lipinski definition) is 4. The molecule has 0 saturated heterocycles. The van der Waals surface area contributed by atoms with E-state index in [1.807, 2.05) is 32.0 Å². The van der Waals surface area contributed by atoms with E-state index in [0.717, 1.165) is 5.56 Å². The average Bonchev–Trinajstić information content (AvgIpc) is 2.40. The summed E-state index contributed by atoms with van der Waals surface area (Å²) in [7, 11) is 1.25. The van der Waals surface area contributed by atoms with Gasteiger partial charge in [0, 0.05) is 0 Å². The zero-order valence-corrected chi connectivity index (χ0v) is 11.3. The van der Waals surface area contributed by atoms with Gasteiger partial charge in [0.1, 0.15) is 12.3 Å². The van der Waals surface area contributed by atoms with Gasteiger partial charge in [0.25, 0.3) is 0 Å². The summed E-state index contributed by atoms with van der Waals surface area (Å²) in [6.45, 7) is 3.85. The van der Waals surface area contributed by atoms with Crippen molar-refractivity contribution in [3.63, 3.8) is 0 Å². The first kappa shape index (κ1) is 14.8. The second-order valence-corrected chi connectivity index (χ2v) is 3.97. The molecule has 19 heavy (non-hydrogen) atoms.